The fraction of sp³-hybridized carbons (Fsp3) is 0.222. The average Bonchev–Trinajstić information content (AvgIpc) is 2.16. The minimum absolute atomic E-state index is 0.0314. The Labute approximate surface area is 88.3 Å². The average molecular weight is 232 g/mol. The predicted molar refractivity (Wildman–Crippen MR) is 51.8 cm³/mol. The van der Waals surface area contributed by atoms with Crippen LogP contribution < -0.4 is 0 Å². The van der Waals surface area contributed by atoms with E-state index < -0.39 is 22.8 Å². The molecule has 0 aromatic heterocycles. The van der Waals surface area contributed by atoms with Crippen molar-refractivity contribution >= 4 is 17.0 Å². The van der Waals surface area contributed by atoms with Crippen molar-refractivity contribution in [3.63, 3.8) is 0 Å². The van der Waals surface area contributed by atoms with Crippen molar-refractivity contribution in [2.24, 2.45) is 0 Å². The minimum Gasteiger partial charge on any atom is -0.460 e. The van der Waals surface area contributed by atoms with Crippen LogP contribution in [0.5, 0.6) is 0 Å². The third-order valence-corrected chi connectivity index (χ3v) is 2.04. The third kappa shape index (κ3) is 4.66. The number of ether oxygens (including phenoxy) is 1. The summed E-state index contributed by atoms with van der Waals surface area (Å²) in [5, 5.41) is 0. The van der Waals surface area contributed by atoms with Gasteiger partial charge in [0.1, 0.15) is 18.2 Å². The Morgan fingerprint density at radius 2 is 2.00 bits per heavy atom. The first-order valence-corrected chi connectivity index (χ1v) is 5.33. The van der Waals surface area contributed by atoms with E-state index in [2.05, 4.69) is 4.74 Å². The van der Waals surface area contributed by atoms with E-state index in [-0.39, 0.29) is 12.4 Å². The Morgan fingerprint density at radius 3 is 2.53 bits per heavy atom. The highest BCUT2D eigenvalue weighted by Crippen LogP contribution is 2.04. The summed E-state index contributed by atoms with van der Waals surface area (Å²) in [4.78, 5) is 10.8. The standard InChI is InChI=1S/C9H9FO4S/c10-8-3-1-7(2-4-8)5-14-9(11)6-15(12)13/h1-4H,5-6H2,(H,12,13). The summed E-state index contributed by atoms with van der Waals surface area (Å²) in [7, 11) is 0. The summed E-state index contributed by atoms with van der Waals surface area (Å²) in [6, 6.07) is 5.43. The topological polar surface area (TPSA) is 63.6 Å². The van der Waals surface area contributed by atoms with Crippen molar-refractivity contribution in [3.05, 3.63) is 35.6 Å². The Bertz CT molecular complexity index is 363. The van der Waals surface area contributed by atoms with Crippen LogP contribution in [-0.4, -0.2) is 20.5 Å². The zero-order valence-corrected chi connectivity index (χ0v) is 8.50. The maximum Gasteiger partial charge on any atom is 0.321 e. The van der Waals surface area contributed by atoms with E-state index in [0.29, 0.717) is 5.56 Å². The maximum absolute atomic E-state index is 12.5. The number of halogens is 1. The van der Waals surface area contributed by atoms with E-state index >= 15 is 0 Å². The molecule has 1 unspecified atom stereocenters. The summed E-state index contributed by atoms with van der Waals surface area (Å²) < 4.78 is 35.7. The number of hydrogen-bond donors (Lipinski definition) is 1. The van der Waals surface area contributed by atoms with E-state index in [0.717, 1.165) is 0 Å². The molecule has 0 spiro atoms. The lowest BCUT2D eigenvalue weighted by atomic mass is 10.2. The van der Waals surface area contributed by atoms with E-state index in [1.807, 2.05) is 0 Å². The highest BCUT2D eigenvalue weighted by Gasteiger charge is 2.06. The molecule has 15 heavy (non-hydrogen) atoms. The highest BCUT2D eigenvalue weighted by molar-refractivity contribution is 7.80. The molecule has 82 valence electrons. The van der Waals surface area contributed by atoms with Gasteiger partial charge in [0.05, 0.1) is 0 Å². The molecule has 0 amide bonds. The van der Waals surface area contributed by atoms with Gasteiger partial charge in [0.25, 0.3) is 0 Å². The van der Waals surface area contributed by atoms with Crippen molar-refractivity contribution in [2.75, 3.05) is 5.75 Å². The van der Waals surface area contributed by atoms with Crippen LogP contribution in [0.1, 0.15) is 5.56 Å². The van der Waals surface area contributed by atoms with Crippen LogP contribution in [-0.2, 0) is 27.2 Å². The monoisotopic (exact) mass is 232 g/mol. The van der Waals surface area contributed by atoms with E-state index in [1.165, 1.54) is 24.3 Å². The number of benzene rings is 1. The number of hydrogen-bond acceptors (Lipinski definition) is 3. The number of carbonyl (C=O) groups excluding carboxylic acids is 1. The summed E-state index contributed by atoms with van der Waals surface area (Å²) >= 11 is -2.19. The smallest absolute Gasteiger partial charge is 0.321 e. The van der Waals surface area contributed by atoms with Crippen LogP contribution in [0, 0.1) is 5.82 Å². The summed E-state index contributed by atoms with van der Waals surface area (Å²) in [5.41, 5.74) is 0.619. The van der Waals surface area contributed by atoms with Gasteiger partial charge in [0.15, 0.2) is 11.1 Å². The number of rotatable bonds is 4. The normalized spacial score (nSPS) is 12.1. The highest BCUT2D eigenvalue weighted by atomic mass is 32.2. The van der Waals surface area contributed by atoms with Crippen LogP contribution in [0.25, 0.3) is 0 Å². The lowest BCUT2D eigenvalue weighted by molar-refractivity contribution is -0.141. The molecule has 1 aromatic rings. The molecule has 0 radical (unpaired) electrons. The molecule has 1 aromatic carbocycles. The molecule has 1 rings (SSSR count). The summed E-state index contributed by atoms with van der Waals surface area (Å²) in [5.74, 6) is -1.69. The van der Waals surface area contributed by atoms with Gasteiger partial charge in [-0.1, -0.05) is 12.1 Å². The van der Waals surface area contributed by atoms with Gasteiger partial charge in [-0.15, -0.1) is 0 Å². The van der Waals surface area contributed by atoms with Crippen molar-refractivity contribution in [1.82, 2.24) is 0 Å². The summed E-state index contributed by atoms with van der Waals surface area (Å²) in [6.07, 6.45) is 0. The second-order valence-corrected chi connectivity index (χ2v) is 3.68. The Balaban J connectivity index is 2.40. The van der Waals surface area contributed by atoms with Crippen molar-refractivity contribution in [2.45, 2.75) is 6.61 Å². The summed E-state index contributed by atoms with van der Waals surface area (Å²) in [6.45, 7) is -0.0314. The van der Waals surface area contributed by atoms with Crippen LogP contribution in [0.3, 0.4) is 0 Å². The maximum atomic E-state index is 12.5. The Hall–Kier alpha value is -1.27. The van der Waals surface area contributed by atoms with E-state index in [9.17, 15) is 13.4 Å². The fourth-order valence-corrected chi connectivity index (χ4v) is 1.17. The van der Waals surface area contributed by atoms with E-state index in [1.54, 1.807) is 0 Å². The molecule has 0 aliphatic heterocycles. The Kier molecular flexibility index (Phi) is 4.38. The van der Waals surface area contributed by atoms with Gasteiger partial charge in [-0.2, -0.15) is 0 Å². The van der Waals surface area contributed by atoms with Crippen LogP contribution in [0.2, 0.25) is 0 Å². The second-order valence-electron chi connectivity index (χ2n) is 2.75. The first-order chi connectivity index (χ1) is 7.08. The van der Waals surface area contributed by atoms with Gasteiger partial charge in [-0.05, 0) is 17.7 Å². The lowest BCUT2D eigenvalue weighted by Gasteiger charge is -2.02. The van der Waals surface area contributed by atoms with Crippen LogP contribution in [0.15, 0.2) is 24.3 Å². The van der Waals surface area contributed by atoms with Gasteiger partial charge in [-0.25, -0.2) is 8.60 Å². The molecule has 0 heterocycles. The molecular weight excluding hydrogens is 223 g/mol. The molecule has 0 saturated heterocycles. The first kappa shape index (κ1) is 11.8. The quantitative estimate of drug-likeness (QED) is 0.623. The van der Waals surface area contributed by atoms with Crippen LogP contribution in [0.4, 0.5) is 4.39 Å². The van der Waals surface area contributed by atoms with Gasteiger partial charge >= 0.3 is 5.97 Å². The van der Waals surface area contributed by atoms with Gasteiger partial charge in [0.2, 0.25) is 0 Å². The Morgan fingerprint density at radius 1 is 1.40 bits per heavy atom. The molecule has 0 saturated carbocycles. The lowest BCUT2D eigenvalue weighted by Crippen LogP contribution is -2.13. The fourth-order valence-electron chi connectivity index (χ4n) is 0.887. The zero-order chi connectivity index (χ0) is 11.3. The molecule has 4 nitrogen and oxygen atoms in total. The van der Waals surface area contributed by atoms with Crippen molar-refractivity contribution in [1.29, 1.82) is 0 Å². The van der Waals surface area contributed by atoms with Crippen molar-refractivity contribution in [3.8, 4) is 0 Å². The minimum atomic E-state index is -2.19. The molecule has 6 heteroatoms. The molecule has 0 aliphatic carbocycles. The number of carbonyl (C=O) groups is 1. The zero-order valence-electron chi connectivity index (χ0n) is 7.68. The van der Waals surface area contributed by atoms with Crippen LogP contribution >= 0.6 is 0 Å². The van der Waals surface area contributed by atoms with Crippen molar-refractivity contribution < 1.29 is 22.7 Å². The largest absolute Gasteiger partial charge is 0.460 e. The number of esters is 1. The molecular formula is C9H9FO4S. The molecule has 0 bridgehead atoms. The first-order valence-electron chi connectivity index (χ1n) is 4.05. The SMILES string of the molecule is O=C(CS(=O)O)OCc1ccc(F)cc1. The second kappa shape index (κ2) is 5.57. The van der Waals surface area contributed by atoms with Gasteiger partial charge in [0, 0.05) is 0 Å². The molecule has 1 atom stereocenters. The van der Waals surface area contributed by atoms with Gasteiger partial charge < -0.3 is 9.29 Å². The molecule has 0 fully saturated rings. The molecule has 1 N–H and O–H groups in total. The predicted octanol–water partition coefficient (Wildman–Crippen LogP) is 1.09. The third-order valence-electron chi connectivity index (χ3n) is 1.55. The van der Waals surface area contributed by atoms with Gasteiger partial charge in [-0.3, -0.25) is 4.79 Å². The molecule has 0 aliphatic rings. The van der Waals surface area contributed by atoms with E-state index in [4.69, 9.17) is 4.55 Å².